The molecule has 0 radical (unpaired) electrons. The van der Waals surface area contributed by atoms with Gasteiger partial charge in [0.05, 0.1) is 32.9 Å². The third kappa shape index (κ3) is 3.11. The second-order valence-electron chi connectivity index (χ2n) is 6.90. The summed E-state index contributed by atoms with van der Waals surface area (Å²) < 4.78 is 0. The summed E-state index contributed by atoms with van der Waals surface area (Å²) in [5, 5.41) is 31.7. The van der Waals surface area contributed by atoms with Crippen LogP contribution in [0.5, 0.6) is 11.5 Å². The first-order valence-electron chi connectivity index (χ1n) is 9.12. The number of hydrogen-bond donors (Lipinski definition) is 3. The van der Waals surface area contributed by atoms with Crippen LogP contribution < -0.4 is 4.90 Å². The number of phenolic OH excluding ortho intramolecular Hbond substituents is 2. The Kier molecular flexibility index (Phi) is 4.79. The fraction of sp³-hybridized carbons (Fsp3) is 0.136. The van der Waals surface area contributed by atoms with Crippen LogP contribution >= 0.6 is 11.3 Å². The predicted octanol–water partition coefficient (Wildman–Crippen LogP) is 3.95. The van der Waals surface area contributed by atoms with Gasteiger partial charge in [0.25, 0.3) is 5.91 Å². The number of carbonyl (C=O) groups is 2. The van der Waals surface area contributed by atoms with Gasteiger partial charge in [0.2, 0.25) is 5.78 Å². The quantitative estimate of drug-likeness (QED) is 0.549. The summed E-state index contributed by atoms with van der Waals surface area (Å²) in [6, 6.07) is 11.2. The topological polar surface area (TPSA) is 111 Å². The van der Waals surface area contributed by atoms with E-state index in [0.717, 1.165) is 4.90 Å². The molecule has 3 aromatic rings. The van der Waals surface area contributed by atoms with Crippen molar-refractivity contribution in [1.29, 1.82) is 0 Å². The average Bonchev–Trinajstić information content (AvgIpc) is 3.18. The zero-order valence-corrected chi connectivity index (χ0v) is 17.0. The Bertz CT molecular complexity index is 1210. The highest BCUT2D eigenvalue weighted by Gasteiger charge is 2.46. The summed E-state index contributed by atoms with van der Waals surface area (Å²) in [4.78, 5) is 32.2. The van der Waals surface area contributed by atoms with Crippen LogP contribution in [0.2, 0.25) is 0 Å². The molecule has 0 bridgehead atoms. The second kappa shape index (κ2) is 7.31. The molecular weight excluding hydrogens is 404 g/mol. The lowest BCUT2D eigenvalue weighted by Crippen LogP contribution is -2.31. The van der Waals surface area contributed by atoms with E-state index < -0.39 is 23.5 Å². The number of anilines is 1. The van der Waals surface area contributed by atoms with Crippen LogP contribution in [0.1, 0.15) is 32.0 Å². The molecule has 4 rings (SSSR count). The number of Topliss-reactive ketones (excluding diaryl/α,β-unsaturated/α-hetero) is 1. The van der Waals surface area contributed by atoms with Gasteiger partial charge in [-0.05, 0) is 43.7 Å². The monoisotopic (exact) mass is 422 g/mol. The van der Waals surface area contributed by atoms with Gasteiger partial charge < -0.3 is 15.3 Å². The zero-order valence-electron chi connectivity index (χ0n) is 16.2. The van der Waals surface area contributed by atoms with E-state index in [4.69, 9.17) is 0 Å². The van der Waals surface area contributed by atoms with Crippen LogP contribution in [0.4, 0.5) is 5.69 Å². The van der Waals surface area contributed by atoms with Gasteiger partial charge >= 0.3 is 0 Å². The Morgan fingerprint density at radius 1 is 1.07 bits per heavy atom. The van der Waals surface area contributed by atoms with Crippen molar-refractivity contribution in [2.24, 2.45) is 0 Å². The summed E-state index contributed by atoms with van der Waals surface area (Å²) in [5.74, 6) is -2.26. The van der Waals surface area contributed by atoms with Gasteiger partial charge in [-0.1, -0.05) is 24.3 Å². The van der Waals surface area contributed by atoms with Crippen LogP contribution in [0.15, 0.2) is 59.9 Å². The standard InChI is InChI=1S/C22H18N2O5S/c1-11-21(30-12(2)23-11)19(27)17-18(13-6-5-7-14(25)10-13)24(22(29)20(17)28)15-8-3-4-9-16(15)26/h3-10,18,25-26,28H,1-2H3. The SMILES string of the molecule is Cc1nc(C)c(C(=O)C2=C(O)C(=O)N(c3ccccc3O)C2c2cccc(O)c2)s1. The molecule has 1 atom stereocenters. The molecular formula is C22H18N2O5S. The maximum Gasteiger partial charge on any atom is 0.294 e. The number of rotatable bonds is 4. The van der Waals surface area contributed by atoms with Gasteiger partial charge in [0.15, 0.2) is 5.76 Å². The third-order valence-corrected chi connectivity index (χ3v) is 5.96. The van der Waals surface area contributed by atoms with E-state index >= 15 is 0 Å². The molecule has 2 aromatic carbocycles. The van der Waals surface area contributed by atoms with E-state index in [9.17, 15) is 24.9 Å². The fourth-order valence-corrected chi connectivity index (χ4v) is 4.50. The van der Waals surface area contributed by atoms with E-state index in [2.05, 4.69) is 4.98 Å². The molecule has 7 nitrogen and oxygen atoms in total. The molecule has 30 heavy (non-hydrogen) atoms. The first-order chi connectivity index (χ1) is 14.3. The lowest BCUT2D eigenvalue weighted by molar-refractivity contribution is -0.117. The molecule has 2 heterocycles. The fourth-order valence-electron chi connectivity index (χ4n) is 3.63. The maximum absolute atomic E-state index is 13.4. The summed E-state index contributed by atoms with van der Waals surface area (Å²) in [6.07, 6.45) is 0. The van der Waals surface area contributed by atoms with E-state index in [1.165, 1.54) is 35.6 Å². The van der Waals surface area contributed by atoms with E-state index in [-0.39, 0.29) is 22.8 Å². The summed E-state index contributed by atoms with van der Waals surface area (Å²) in [7, 11) is 0. The Morgan fingerprint density at radius 2 is 1.80 bits per heavy atom. The number of aliphatic hydroxyl groups is 1. The normalized spacial score (nSPS) is 16.4. The molecule has 152 valence electrons. The van der Waals surface area contributed by atoms with Crippen molar-refractivity contribution in [2.75, 3.05) is 4.90 Å². The van der Waals surface area contributed by atoms with Crippen molar-refractivity contribution < 1.29 is 24.9 Å². The van der Waals surface area contributed by atoms with Crippen molar-refractivity contribution in [3.63, 3.8) is 0 Å². The third-order valence-electron chi connectivity index (χ3n) is 4.89. The highest BCUT2D eigenvalue weighted by molar-refractivity contribution is 7.14. The number of thiazole rings is 1. The van der Waals surface area contributed by atoms with Crippen LogP contribution in [0, 0.1) is 13.8 Å². The number of aromatic hydroxyl groups is 2. The number of hydrogen-bond acceptors (Lipinski definition) is 7. The first kappa shape index (κ1) is 19.7. The van der Waals surface area contributed by atoms with Crippen molar-refractivity contribution >= 4 is 28.7 Å². The summed E-state index contributed by atoms with van der Waals surface area (Å²) >= 11 is 1.18. The van der Waals surface area contributed by atoms with Crippen molar-refractivity contribution in [3.05, 3.63) is 81.0 Å². The van der Waals surface area contributed by atoms with Gasteiger partial charge in [0.1, 0.15) is 11.5 Å². The molecule has 0 aliphatic carbocycles. The maximum atomic E-state index is 13.4. The molecule has 0 saturated carbocycles. The van der Waals surface area contributed by atoms with Crippen molar-refractivity contribution in [1.82, 2.24) is 4.98 Å². The number of nitrogens with zero attached hydrogens (tertiary/aromatic N) is 2. The molecule has 1 amide bonds. The molecule has 8 heteroatoms. The number of benzene rings is 2. The van der Waals surface area contributed by atoms with Crippen molar-refractivity contribution in [2.45, 2.75) is 19.9 Å². The van der Waals surface area contributed by atoms with Crippen LogP contribution in [-0.4, -0.2) is 32.0 Å². The molecule has 1 unspecified atom stereocenters. The Hall–Kier alpha value is -3.65. The van der Waals surface area contributed by atoms with Crippen LogP contribution in [0.25, 0.3) is 0 Å². The van der Waals surface area contributed by atoms with E-state index in [0.29, 0.717) is 21.1 Å². The minimum atomic E-state index is -1.03. The number of para-hydroxylation sites is 2. The molecule has 0 spiro atoms. The average molecular weight is 422 g/mol. The first-order valence-corrected chi connectivity index (χ1v) is 9.93. The van der Waals surface area contributed by atoms with E-state index in [1.807, 2.05) is 0 Å². The number of amides is 1. The zero-order chi connectivity index (χ0) is 21.6. The van der Waals surface area contributed by atoms with E-state index in [1.54, 1.807) is 38.1 Å². The highest BCUT2D eigenvalue weighted by Crippen LogP contribution is 2.45. The number of aryl methyl sites for hydroxylation is 2. The number of phenols is 2. The second-order valence-corrected chi connectivity index (χ2v) is 8.10. The Labute approximate surface area is 176 Å². The molecule has 1 aromatic heterocycles. The largest absolute Gasteiger partial charge is 0.508 e. The Balaban J connectivity index is 1.93. The Morgan fingerprint density at radius 3 is 2.43 bits per heavy atom. The van der Waals surface area contributed by atoms with Gasteiger partial charge in [-0.25, -0.2) is 4.98 Å². The number of aromatic nitrogens is 1. The highest BCUT2D eigenvalue weighted by atomic mass is 32.1. The minimum absolute atomic E-state index is 0.0554. The van der Waals surface area contributed by atoms with Crippen LogP contribution in [-0.2, 0) is 4.79 Å². The minimum Gasteiger partial charge on any atom is -0.508 e. The summed E-state index contributed by atoms with van der Waals surface area (Å²) in [6.45, 7) is 3.46. The van der Waals surface area contributed by atoms with Gasteiger partial charge in [-0.3, -0.25) is 14.5 Å². The molecule has 1 aliphatic rings. The molecule has 0 fully saturated rings. The molecule has 3 N–H and O–H groups in total. The molecule has 1 aliphatic heterocycles. The smallest absolute Gasteiger partial charge is 0.294 e. The summed E-state index contributed by atoms with van der Waals surface area (Å²) in [5.41, 5.74) is 0.937. The number of ketones is 1. The lowest BCUT2D eigenvalue weighted by Gasteiger charge is -2.27. The number of aliphatic hydroxyl groups excluding tert-OH is 1. The van der Waals surface area contributed by atoms with Crippen molar-refractivity contribution in [3.8, 4) is 11.5 Å². The van der Waals surface area contributed by atoms with Gasteiger partial charge in [0, 0.05) is 0 Å². The predicted molar refractivity (Wildman–Crippen MR) is 112 cm³/mol. The molecule has 0 saturated heterocycles. The number of carbonyl (C=O) groups excluding carboxylic acids is 2. The van der Waals surface area contributed by atoms with Crippen LogP contribution in [0.3, 0.4) is 0 Å². The lowest BCUT2D eigenvalue weighted by atomic mass is 9.94. The van der Waals surface area contributed by atoms with Gasteiger partial charge in [-0.2, -0.15) is 0 Å². The van der Waals surface area contributed by atoms with Gasteiger partial charge in [-0.15, -0.1) is 11.3 Å².